The van der Waals surface area contributed by atoms with Gasteiger partial charge in [0.05, 0.1) is 94.0 Å². The molecule has 0 bridgehead atoms. The lowest BCUT2D eigenvalue weighted by molar-refractivity contribution is -0.124. The van der Waals surface area contributed by atoms with E-state index in [0.29, 0.717) is 47.1 Å². The van der Waals surface area contributed by atoms with E-state index in [1.807, 2.05) is 0 Å². The summed E-state index contributed by atoms with van der Waals surface area (Å²) in [6, 6.07) is 24.3. The third-order valence-electron chi connectivity index (χ3n) is 19.5. The first-order chi connectivity index (χ1) is 49.3. The zero-order chi connectivity index (χ0) is 77.0. The van der Waals surface area contributed by atoms with Crippen LogP contribution in [0.3, 0.4) is 0 Å². The van der Waals surface area contributed by atoms with Crippen LogP contribution in [0.25, 0.3) is 0 Å². The lowest BCUT2D eigenvalue weighted by Gasteiger charge is -2.34. The zero-order valence-electron chi connectivity index (χ0n) is 59.3. The van der Waals surface area contributed by atoms with Crippen LogP contribution in [-0.4, -0.2) is 109 Å². The van der Waals surface area contributed by atoms with Gasteiger partial charge in [-0.3, -0.25) is 38.8 Å². The number of fused-ring (bicyclic) bond motifs is 4. The molecule has 1 saturated heterocycles. The number of likely N-dealkylation sites (N-methyl/N-ethyl adjacent to an activating group) is 2. The van der Waals surface area contributed by atoms with Crippen molar-refractivity contribution >= 4 is 71.2 Å². The molecule has 8 aromatic carbocycles. The molecule has 8 atom stereocenters. The number of hydrogen-bond donors (Lipinski definition) is 6. The van der Waals surface area contributed by atoms with Crippen molar-refractivity contribution < 1.29 is 97.0 Å². The summed E-state index contributed by atoms with van der Waals surface area (Å²) < 4.78 is 174. The summed E-state index contributed by atoms with van der Waals surface area (Å²) in [5.74, 6) is -11.0. The van der Waals surface area contributed by atoms with Gasteiger partial charge < -0.3 is 35.8 Å². The number of ether oxygens (including phenoxy) is 1. The summed E-state index contributed by atoms with van der Waals surface area (Å²) in [5, 5.41) is 46.7. The predicted octanol–water partition coefficient (Wildman–Crippen LogP) is 13.6. The van der Waals surface area contributed by atoms with Crippen LogP contribution in [-0.2, 0) is 45.6 Å². The number of anilines is 4. The molecule has 107 heavy (non-hydrogen) atoms. The molecule has 572 valence electrons. The Bertz CT molecular complexity index is 4460. The molecule has 0 spiro atoms. The molecule has 13 rings (SSSR count). The van der Waals surface area contributed by atoms with Crippen LogP contribution in [0, 0.1) is 69.8 Å². The summed E-state index contributed by atoms with van der Waals surface area (Å²) in [6.07, 6.45) is -4.43. The molecule has 0 radical (unpaired) electrons. The van der Waals surface area contributed by atoms with E-state index < -0.39 is 164 Å². The highest BCUT2D eigenvalue weighted by molar-refractivity contribution is 6.11. The van der Waals surface area contributed by atoms with Gasteiger partial charge in [0.25, 0.3) is 0 Å². The third kappa shape index (κ3) is 16.0. The van der Waals surface area contributed by atoms with Crippen molar-refractivity contribution in [1.82, 2.24) is 10.6 Å². The molecule has 5 aliphatic heterocycles. The second-order valence-electron chi connectivity index (χ2n) is 28.2. The fraction of sp³-hybridized carbons (Fsp3) is 0.333. The number of nitrogens with zero attached hydrogens (tertiary/aromatic N) is 4. The van der Waals surface area contributed by atoms with Gasteiger partial charge in [0, 0.05) is 37.4 Å². The second-order valence-corrected chi connectivity index (χ2v) is 28.2. The van der Waals surface area contributed by atoms with Gasteiger partial charge >= 0.3 is 0 Å². The Morgan fingerprint density at radius 3 is 0.841 bits per heavy atom. The maximum Gasteiger partial charge on any atom is 0.237 e. The number of aliphatic hydroxyl groups excluding tert-OH is 4. The first-order valence-electron chi connectivity index (χ1n) is 33.3. The smallest absolute Gasteiger partial charge is 0.237 e. The minimum Gasteiger partial charge on any atom is -0.394 e. The maximum atomic E-state index is 14.7. The Kier molecular flexibility index (Phi) is 25.4. The number of rotatable bonds is 17. The monoisotopic (exact) mass is 1540 g/mol. The fourth-order valence-electron chi connectivity index (χ4n) is 14.3. The van der Waals surface area contributed by atoms with Crippen molar-refractivity contribution in [3.63, 3.8) is 0 Å². The Morgan fingerprint density at radius 2 is 0.607 bits per heavy atom. The first-order valence-corrected chi connectivity index (χ1v) is 33.3. The van der Waals surface area contributed by atoms with E-state index in [0.717, 1.165) is 75.4 Å². The fourth-order valence-corrected chi connectivity index (χ4v) is 14.3. The Hall–Kier alpha value is -8.90. The molecular formula is C78H78Cl2F12N6O9. The van der Waals surface area contributed by atoms with Gasteiger partial charge in [0.15, 0.2) is 0 Å². The Morgan fingerprint density at radius 1 is 0.383 bits per heavy atom. The third-order valence-corrected chi connectivity index (χ3v) is 19.5. The number of para-hydroxylation sites is 4. The molecule has 4 amide bonds. The minimum atomic E-state index is -1.57. The van der Waals surface area contributed by atoms with Crippen LogP contribution < -0.4 is 30.2 Å². The molecule has 5 heterocycles. The van der Waals surface area contributed by atoms with Gasteiger partial charge in [-0.1, -0.05) is 48.5 Å². The number of carbonyl (C=O) groups excluding carboxylic acids is 4. The van der Waals surface area contributed by atoms with Crippen LogP contribution in [0.5, 0.6) is 0 Å². The van der Waals surface area contributed by atoms with Gasteiger partial charge in [-0.25, -0.2) is 52.7 Å². The molecular weight excluding hydrogens is 1460 g/mol. The Labute approximate surface area is 621 Å². The van der Waals surface area contributed by atoms with Crippen molar-refractivity contribution in [2.24, 2.45) is 0 Å². The summed E-state index contributed by atoms with van der Waals surface area (Å²) >= 11 is 0. The van der Waals surface area contributed by atoms with Crippen molar-refractivity contribution in [3.05, 3.63) is 260 Å². The molecule has 5 aliphatic rings. The molecule has 29 heteroatoms. The molecule has 0 aromatic heterocycles. The molecule has 1 fully saturated rings. The summed E-state index contributed by atoms with van der Waals surface area (Å²) in [4.78, 5) is 57.0. The molecule has 15 nitrogen and oxygen atoms in total. The van der Waals surface area contributed by atoms with E-state index in [2.05, 4.69) is 10.6 Å². The summed E-state index contributed by atoms with van der Waals surface area (Å²) in [7, 11) is 3.19. The summed E-state index contributed by atoms with van der Waals surface area (Å²) in [5.41, 5.74) is -1.82. The van der Waals surface area contributed by atoms with Gasteiger partial charge in [-0.15, -0.1) is 24.8 Å². The van der Waals surface area contributed by atoms with Crippen molar-refractivity contribution in [2.75, 3.05) is 60.0 Å². The molecule has 0 saturated carbocycles. The average Bonchev–Trinajstić information content (AvgIpc) is 1.60. The number of aliphatic hydroxyl groups is 4. The van der Waals surface area contributed by atoms with E-state index in [9.17, 15) is 92.3 Å². The predicted molar refractivity (Wildman–Crippen MR) is 381 cm³/mol. The Balaban J connectivity index is 0.000000179. The van der Waals surface area contributed by atoms with E-state index >= 15 is 0 Å². The largest absolute Gasteiger partial charge is 0.394 e. The van der Waals surface area contributed by atoms with Crippen molar-refractivity contribution in [1.29, 1.82) is 0 Å². The number of halogens is 14. The number of benzene rings is 8. The normalized spacial score (nSPS) is 18.5. The quantitative estimate of drug-likeness (QED) is 0.0375. The van der Waals surface area contributed by atoms with Gasteiger partial charge in [0.2, 0.25) is 23.6 Å². The van der Waals surface area contributed by atoms with Crippen LogP contribution in [0.2, 0.25) is 0 Å². The number of carbonyl (C=O) groups is 4. The molecule has 6 N–H and O–H groups in total. The average molecular weight is 1540 g/mol. The maximum absolute atomic E-state index is 14.7. The number of amides is 4. The first kappa shape index (κ1) is 83.7. The van der Waals surface area contributed by atoms with Crippen molar-refractivity contribution in [2.45, 2.75) is 126 Å². The van der Waals surface area contributed by atoms with Crippen molar-refractivity contribution in [3.8, 4) is 0 Å². The van der Waals surface area contributed by atoms with Crippen LogP contribution in [0.1, 0.15) is 124 Å². The lowest BCUT2D eigenvalue weighted by Crippen LogP contribution is -2.46. The molecule has 0 unspecified atom stereocenters. The SMILES string of the molecule is CC1(C)C(=O)N([C@@H](c2cc(F)cc(F)c2)[C@H](O)CO)c2c(F)cccc21.CC1(C)C(=O)N([C@@H](c2cc(F)cc(F)c2)[C@H]2CO2)c2c(F)cccc21.CNC[C@@H](O)[C@H](c1cc(F)cc(F)c1)N1C(=O)C(C)(C)c2cccc(F)c21.CNC[C@@H](O)[C@H](c1cc(F)cc(F)c1)N1C(=O)C(C)(C)c2cccc(F)c21.Cl.Cl. The highest BCUT2D eigenvalue weighted by Crippen LogP contribution is 2.53. The number of epoxide rings is 1. The van der Waals surface area contributed by atoms with Crippen LogP contribution >= 0.6 is 24.8 Å². The zero-order valence-corrected chi connectivity index (χ0v) is 60.9. The number of nitrogens with one attached hydrogen (secondary N) is 2. The van der Waals surface area contributed by atoms with Crippen LogP contribution in [0.15, 0.2) is 146 Å². The summed E-state index contributed by atoms with van der Waals surface area (Å²) in [6.45, 7) is 12.9. The van der Waals surface area contributed by atoms with E-state index in [1.54, 1.807) is 99.8 Å². The highest BCUT2D eigenvalue weighted by Gasteiger charge is 2.55. The van der Waals surface area contributed by atoms with E-state index in [4.69, 9.17) is 4.74 Å². The molecule has 0 aliphatic carbocycles. The van der Waals surface area contributed by atoms with Gasteiger partial charge in [-0.2, -0.15) is 0 Å². The van der Waals surface area contributed by atoms with Crippen LogP contribution in [0.4, 0.5) is 75.4 Å². The molecule has 8 aromatic rings. The highest BCUT2D eigenvalue weighted by atomic mass is 35.5. The lowest BCUT2D eigenvalue weighted by atomic mass is 9.86. The van der Waals surface area contributed by atoms with E-state index in [-0.39, 0.29) is 88.8 Å². The van der Waals surface area contributed by atoms with Gasteiger partial charge in [-0.05, 0) is 187 Å². The van der Waals surface area contributed by atoms with Gasteiger partial charge in [0.1, 0.15) is 82.0 Å². The number of hydrogen-bond acceptors (Lipinski definition) is 11. The minimum absolute atomic E-state index is 0. The van der Waals surface area contributed by atoms with E-state index in [1.165, 1.54) is 41.3 Å². The topological polar surface area (TPSA) is 199 Å². The standard InChI is InChI=1S/2C20H21F3N2O2.C19H18F3NO3.C19H16F3NO2.2ClH/c2*1-20(2)14-5-4-6-15(23)18(14)25(19(20)27)17(16(26)10-24-3)11-7-12(21)9-13(22)8-11;1-19(2)13-4-3-5-14(22)17(13)23(18(19)26)16(15(25)9-24)10-6-11(20)8-12(21)7-10;1-19(2)13-4-3-5-14(22)17(13)23(18(19)24)16(15-9-25-15)10-6-11(20)8-12(21)7-10;;/h2*4-9,16-17,24,26H,10H2,1-3H3;3-8,15-16,24-25H,9H2,1-2H3;3-8,15-16H,9H2,1-2H3;2*1H/t2*16-,17+;2*15-,16+;;/m1111../s1. The second kappa shape index (κ2) is 32.5.